The van der Waals surface area contributed by atoms with Crippen molar-refractivity contribution in [3.05, 3.63) is 107 Å². The fraction of sp³-hybridized carbons (Fsp3) is 0.250. The quantitative estimate of drug-likeness (QED) is 0.314. The molecule has 2 aliphatic rings. The Kier molecular flexibility index (Phi) is 4.52. The first-order valence-electron chi connectivity index (χ1n) is 12.2. The van der Waals surface area contributed by atoms with E-state index in [2.05, 4.69) is 118 Å². The van der Waals surface area contributed by atoms with Gasteiger partial charge in [0.1, 0.15) is 0 Å². The second-order valence-electron chi connectivity index (χ2n) is 10.3. The summed E-state index contributed by atoms with van der Waals surface area (Å²) in [5.74, 6) is 0. The molecule has 0 saturated heterocycles. The normalized spacial score (nSPS) is 15.8. The third-order valence-corrected chi connectivity index (χ3v) is 7.68. The molecule has 2 aliphatic carbocycles. The minimum atomic E-state index is 0.0295. The molecular formula is C32H31N. The molecule has 0 spiro atoms. The number of nitrogens with zero attached hydrogens (tertiary/aromatic N) is 1. The van der Waals surface area contributed by atoms with Crippen LogP contribution < -0.4 is 4.90 Å². The number of hydrogen-bond acceptors (Lipinski definition) is 1. The highest BCUT2D eigenvalue weighted by molar-refractivity contribution is 5.84. The van der Waals surface area contributed by atoms with Crippen molar-refractivity contribution in [1.29, 1.82) is 0 Å². The van der Waals surface area contributed by atoms with Crippen LogP contribution in [0.4, 0.5) is 11.4 Å². The number of rotatable bonds is 4. The molecule has 0 bridgehead atoms. The topological polar surface area (TPSA) is 3.24 Å². The molecule has 1 heteroatoms. The van der Waals surface area contributed by atoms with Crippen molar-refractivity contribution in [2.24, 2.45) is 0 Å². The number of anilines is 2. The summed E-state index contributed by atoms with van der Waals surface area (Å²) < 4.78 is 0. The van der Waals surface area contributed by atoms with Crippen LogP contribution >= 0.6 is 0 Å². The van der Waals surface area contributed by atoms with Crippen molar-refractivity contribution in [1.82, 2.24) is 0 Å². The first kappa shape index (κ1) is 20.3. The van der Waals surface area contributed by atoms with Crippen LogP contribution in [0.2, 0.25) is 0 Å². The van der Waals surface area contributed by atoms with Gasteiger partial charge in [0, 0.05) is 22.8 Å². The van der Waals surface area contributed by atoms with Crippen molar-refractivity contribution < 1.29 is 0 Å². The van der Waals surface area contributed by atoms with Crippen LogP contribution in [0.3, 0.4) is 0 Å². The van der Waals surface area contributed by atoms with Crippen LogP contribution in [0.15, 0.2) is 84.9 Å². The summed E-state index contributed by atoms with van der Waals surface area (Å²) in [7, 11) is 0. The first-order valence-corrected chi connectivity index (χ1v) is 12.2. The van der Waals surface area contributed by atoms with E-state index in [1.807, 2.05) is 0 Å². The summed E-state index contributed by atoms with van der Waals surface area (Å²) in [5.41, 5.74) is 13.6. The predicted molar refractivity (Wildman–Crippen MR) is 141 cm³/mol. The van der Waals surface area contributed by atoms with Crippen molar-refractivity contribution in [2.45, 2.75) is 52.0 Å². The van der Waals surface area contributed by atoms with Crippen LogP contribution in [0.1, 0.15) is 48.9 Å². The van der Waals surface area contributed by atoms with E-state index in [-0.39, 0.29) is 5.41 Å². The molecular weight excluding hydrogens is 398 g/mol. The molecule has 4 aromatic rings. The van der Waals surface area contributed by atoms with Gasteiger partial charge in [0.15, 0.2) is 0 Å². The second kappa shape index (κ2) is 7.35. The zero-order valence-corrected chi connectivity index (χ0v) is 20.0. The average Bonchev–Trinajstić information content (AvgIpc) is 3.62. The first-order chi connectivity index (χ1) is 15.9. The number of hydrogen-bond donors (Lipinski definition) is 0. The smallest absolute Gasteiger partial charge is 0.0416 e. The zero-order valence-electron chi connectivity index (χ0n) is 20.0. The van der Waals surface area contributed by atoms with Crippen molar-refractivity contribution in [3.8, 4) is 22.3 Å². The molecule has 0 atom stereocenters. The molecule has 4 aromatic carbocycles. The fourth-order valence-corrected chi connectivity index (χ4v) is 5.72. The Morgan fingerprint density at radius 1 is 0.606 bits per heavy atom. The zero-order chi connectivity index (χ0) is 22.7. The molecule has 0 aromatic heterocycles. The van der Waals surface area contributed by atoms with Gasteiger partial charge in [-0.15, -0.1) is 0 Å². The summed E-state index contributed by atoms with van der Waals surface area (Å²) in [6, 6.07) is 32.3. The van der Waals surface area contributed by atoms with Crippen molar-refractivity contribution in [2.75, 3.05) is 4.90 Å². The van der Waals surface area contributed by atoms with E-state index in [9.17, 15) is 0 Å². The Hall–Kier alpha value is -3.32. The van der Waals surface area contributed by atoms with E-state index in [0.717, 1.165) is 0 Å². The molecule has 1 fully saturated rings. The Labute approximate surface area is 197 Å². The SMILES string of the molecule is Cc1ccccc1-c1ccc(N(c2ccc3c(c2)C(C)(C)c2ccccc2-3)C2CC2)cc1C. The summed E-state index contributed by atoms with van der Waals surface area (Å²) in [6.45, 7) is 9.18. The molecule has 0 aliphatic heterocycles. The fourth-order valence-electron chi connectivity index (χ4n) is 5.72. The lowest BCUT2D eigenvalue weighted by atomic mass is 9.82. The number of fused-ring (bicyclic) bond motifs is 3. The molecule has 0 unspecified atom stereocenters. The maximum atomic E-state index is 2.58. The average molecular weight is 430 g/mol. The highest BCUT2D eigenvalue weighted by Crippen LogP contribution is 2.50. The second-order valence-corrected chi connectivity index (χ2v) is 10.3. The van der Waals surface area contributed by atoms with Gasteiger partial charge in [-0.1, -0.05) is 74.5 Å². The Bertz CT molecular complexity index is 1370. The number of benzene rings is 4. The van der Waals surface area contributed by atoms with E-state index in [4.69, 9.17) is 0 Å². The van der Waals surface area contributed by atoms with Gasteiger partial charge in [0.25, 0.3) is 0 Å². The minimum Gasteiger partial charge on any atom is -0.338 e. The van der Waals surface area contributed by atoms with E-state index >= 15 is 0 Å². The van der Waals surface area contributed by atoms with E-state index in [1.165, 1.54) is 68.7 Å². The Morgan fingerprint density at radius 3 is 1.88 bits per heavy atom. The summed E-state index contributed by atoms with van der Waals surface area (Å²) in [6.07, 6.45) is 2.53. The lowest BCUT2D eigenvalue weighted by molar-refractivity contribution is 0.660. The molecule has 6 rings (SSSR count). The molecule has 0 amide bonds. The van der Waals surface area contributed by atoms with Gasteiger partial charge in [-0.25, -0.2) is 0 Å². The van der Waals surface area contributed by atoms with Crippen molar-refractivity contribution in [3.63, 3.8) is 0 Å². The van der Waals surface area contributed by atoms with Crippen LogP contribution in [-0.4, -0.2) is 6.04 Å². The van der Waals surface area contributed by atoms with Gasteiger partial charge >= 0.3 is 0 Å². The molecule has 0 heterocycles. The van der Waals surface area contributed by atoms with E-state index in [1.54, 1.807) is 0 Å². The van der Waals surface area contributed by atoms with Gasteiger partial charge in [-0.3, -0.25) is 0 Å². The predicted octanol–water partition coefficient (Wildman–Crippen LogP) is 8.58. The van der Waals surface area contributed by atoms with Gasteiger partial charge in [-0.2, -0.15) is 0 Å². The molecule has 1 saturated carbocycles. The molecule has 164 valence electrons. The van der Waals surface area contributed by atoms with Gasteiger partial charge in [0.2, 0.25) is 0 Å². The van der Waals surface area contributed by atoms with Crippen LogP contribution in [0.5, 0.6) is 0 Å². The molecule has 1 nitrogen and oxygen atoms in total. The molecule has 33 heavy (non-hydrogen) atoms. The highest BCUT2D eigenvalue weighted by atomic mass is 15.2. The monoisotopic (exact) mass is 429 g/mol. The third-order valence-electron chi connectivity index (χ3n) is 7.68. The van der Waals surface area contributed by atoms with Crippen LogP contribution in [0.25, 0.3) is 22.3 Å². The van der Waals surface area contributed by atoms with E-state index in [0.29, 0.717) is 6.04 Å². The Morgan fingerprint density at radius 2 is 1.18 bits per heavy atom. The molecule has 0 radical (unpaired) electrons. The van der Waals surface area contributed by atoms with Crippen LogP contribution in [0, 0.1) is 13.8 Å². The largest absolute Gasteiger partial charge is 0.338 e. The Balaban J connectivity index is 1.43. The maximum Gasteiger partial charge on any atom is 0.0416 e. The summed E-state index contributed by atoms with van der Waals surface area (Å²) in [4.78, 5) is 2.58. The lowest BCUT2D eigenvalue weighted by Gasteiger charge is -2.28. The standard InChI is InChI=1S/C32H31N/c1-21-9-5-6-10-26(21)27-17-15-24(19-22(27)2)33(23-13-14-23)25-16-18-29-28-11-7-8-12-30(28)32(3,4)31(29)20-25/h5-12,15-20,23H,13-14H2,1-4H3. The third kappa shape index (κ3) is 3.22. The van der Waals surface area contributed by atoms with E-state index < -0.39 is 0 Å². The van der Waals surface area contributed by atoms with Gasteiger partial charge < -0.3 is 4.90 Å². The van der Waals surface area contributed by atoms with Crippen LogP contribution in [-0.2, 0) is 5.41 Å². The van der Waals surface area contributed by atoms with Gasteiger partial charge in [0.05, 0.1) is 0 Å². The minimum absolute atomic E-state index is 0.0295. The molecule has 0 N–H and O–H groups in total. The summed E-state index contributed by atoms with van der Waals surface area (Å²) >= 11 is 0. The lowest BCUT2D eigenvalue weighted by Crippen LogP contribution is -2.21. The highest BCUT2D eigenvalue weighted by Gasteiger charge is 2.37. The van der Waals surface area contributed by atoms with Gasteiger partial charge in [-0.05, 0) is 95.5 Å². The maximum absolute atomic E-state index is 2.58. The number of aryl methyl sites for hydroxylation is 2. The summed E-state index contributed by atoms with van der Waals surface area (Å²) in [5, 5.41) is 0. The van der Waals surface area contributed by atoms with Crippen molar-refractivity contribution >= 4 is 11.4 Å².